The molecule has 0 radical (unpaired) electrons. The van der Waals surface area contributed by atoms with Gasteiger partial charge < -0.3 is 10.8 Å². The number of halogens is 2. The maximum atomic E-state index is 12.9. The van der Waals surface area contributed by atoms with E-state index < -0.39 is 0 Å². The number of hydrogen-bond donors (Lipinski definition) is 2. The van der Waals surface area contributed by atoms with Gasteiger partial charge in [-0.1, -0.05) is 26.2 Å². The van der Waals surface area contributed by atoms with Crippen molar-refractivity contribution >= 4 is 12.4 Å². The molecular formula is C12H19ClFNO. The average molecular weight is 248 g/mol. The molecule has 0 aliphatic heterocycles. The highest BCUT2D eigenvalue weighted by Crippen LogP contribution is 2.26. The standard InChI is InChI=1S/C12H18FNO.ClH/c1-2-3-4-5-11(14)10-8-9(13)6-7-12(10)15;/h6-8,11,15H,2-5,14H2,1H3;1H/t11-;/m1./s1. The van der Waals surface area contributed by atoms with Crippen molar-refractivity contribution in [2.45, 2.75) is 38.6 Å². The Morgan fingerprint density at radius 2 is 2.06 bits per heavy atom. The van der Waals surface area contributed by atoms with Gasteiger partial charge in [0.1, 0.15) is 11.6 Å². The summed E-state index contributed by atoms with van der Waals surface area (Å²) in [6.45, 7) is 2.12. The third kappa shape index (κ3) is 4.37. The number of phenolic OH excluding ortho intramolecular Hbond substituents is 1. The van der Waals surface area contributed by atoms with E-state index in [2.05, 4.69) is 6.92 Å². The number of benzene rings is 1. The third-order valence-corrected chi connectivity index (χ3v) is 2.51. The van der Waals surface area contributed by atoms with Crippen LogP contribution in [-0.4, -0.2) is 5.11 Å². The van der Waals surface area contributed by atoms with E-state index in [-0.39, 0.29) is 30.0 Å². The molecule has 4 heteroatoms. The molecule has 92 valence electrons. The van der Waals surface area contributed by atoms with Crippen molar-refractivity contribution in [3.63, 3.8) is 0 Å². The minimum atomic E-state index is -0.353. The fourth-order valence-corrected chi connectivity index (χ4v) is 1.59. The molecule has 0 heterocycles. The van der Waals surface area contributed by atoms with Crippen LogP contribution in [-0.2, 0) is 0 Å². The second-order valence-electron chi connectivity index (χ2n) is 3.81. The first-order valence-corrected chi connectivity index (χ1v) is 5.39. The van der Waals surface area contributed by atoms with Crippen molar-refractivity contribution in [3.8, 4) is 5.75 Å². The van der Waals surface area contributed by atoms with Gasteiger partial charge in [0.15, 0.2) is 0 Å². The van der Waals surface area contributed by atoms with Crippen LogP contribution in [0.5, 0.6) is 5.75 Å². The molecule has 0 saturated carbocycles. The van der Waals surface area contributed by atoms with Crippen LogP contribution in [0.1, 0.15) is 44.2 Å². The van der Waals surface area contributed by atoms with Gasteiger partial charge in [-0.3, -0.25) is 0 Å². The lowest BCUT2D eigenvalue weighted by Gasteiger charge is -2.13. The van der Waals surface area contributed by atoms with Crippen LogP contribution >= 0.6 is 12.4 Å². The Morgan fingerprint density at radius 3 is 2.69 bits per heavy atom. The second-order valence-corrected chi connectivity index (χ2v) is 3.81. The topological polar surface area (TPSA) is 46.2 Å². The molecule has 1 rings (SSSR count). The van der Waals surface area contributed by atoms with Crippen molar-refractivity contribution in [1.82, 2.24) is 0 Å². The van der Waals surface area contributed by atoms with Crippen molar-refractivity contribution in [3.05, 3.63) is 29.6 Å². The number of aromatic hydroxyl groups is 1. The number of hydrogen-bond acceptors (Lipinski definition) is 2. The largest absolute Gasteiger partial charge is 0.508 e. The van der Waals surface area contributed by atoms with Crippen molar-refractivity contribution in [2.24, 2.45) is 5.73 Å². The Kier molecular flexibility index (Phi) is 7.10. The van der Waals surface area contributed by atoms with Crippen LogP contribution in [0.4, 0.5) is 4.39 Å². The summed E-state index contributed by atoms with van der Waals surface area (Å²) >= 11 is 0. The molecule has 1 aromatic carbocycles. The summed E-state index contributed by atoms with van der Waals surface area (Å²) < 4.78 is 12.9. The lowest BCUT2D eigenvalue weighted by Crippen LogP contribution is -2.10. The SMILES string of the molecule is CCCCC[C@@H](N)c1cc(F)ccc1O.Cl. The molecule has 0 aliphatic rings. The summed E-state index contributed by atoms with van der Waals surface area (Å²) in [5.74, 6) is -0.269. The Balaban J connectivity index is 0.00000225. The minimum Gasteiger partial charge on any atom is -0.508 e. The quantitative estimate of drug-likeness (QED) is 0.782. The zero-order valence-corrected chi connectivity index (χ0v) is 10.3. The summed E-state index contributed by atoms with van der Waals surface area (Å²) in [5, 5.41) is 9.52. The Hall–Kier alpha value is -0.800. The summed E-state index contributed by atoms with van der Waals surface area (Å²) in [6.07, 6.45) is 4.03. The van der Waals surface area contributed by atoms with Gasteiger partial charge in [-0.05, 0) is 24.6 Å². The van der Waals surface area contributed by atoms with E-state index in [0.717, 1.165) is 25.7 Å². The molecular weight excluding hydrogens is 229 g/mol. The first-order valence-electron chi connectivity index (χ1n) is 5.39. The molecule has 0 spiro atoms. The molecule has 16 heavy (non-hydrogen) atoms. The van der Waals surface area contributed by atoms with Gasteiger partial charge in [-0.2, -0.15) is 0 Å². The maximum Gasteiger partial charge on any atom is 0.123 e. The molecule has 0 aliphatic carbocycles. The molecule has 0 fully saturated rings. The van der Waals surface area contributed by atoms with E-state index in [1.807, 2.05) is 0 Å². The summed E-state index contributed by atoms with van der Waals surface area (Å²) in [7, 11) is 0. The van der Waals surface area contributed by atoms with Gasteiger partial charge in [0.05, 0.1) is 0 Å². The van der Waals surface area contributed by atoms with E-state index in [1.54, 1.807) is 0 Å². The number of unbranched alkanes of at least 4 members (excludes halogenated alkanes) is 2. The Bertz CT molecular complexity index is 320. The van der Waals surface area contributed by atoms with Gasteiger partial charge in [0, 0.05) is 11.6 Å². The molecule has 0 amide bonds. The normalized spacial score (nSPS) is 11.9. The van der Waals surface area contributed by atoms with E-state index >= 15 is 0 Å². The Labute approximate surface area is 102 Å². The maximum absolute atomic E-state index is 12.9. The van der Waals surface area contributed by atoms with E-state index in [1.165, 1.54) is 18.2 Å². The lowest BCUT2D eigenvalue weighted by molar-refractivity contribution is 0.452. The van der Waals surface area contributed by atoms with Crippen LogP contribution in [0.15, 0.2) is 18.2 Å². The van der Waals surface area contributed by atoms with Gasteiger partial charge in [0.2, 0.25) is 0 Å². The fraction of sp³-hybridized carbons (Fsp3) is 0.500. The smallest absolute Gasteiger partial charge is 0.123 e. The predicted molar refractivity (Wildman–Crippen MR) is 66.4 cm³/mol. The highest BCUT2D eigenvalue weighted by atomic mass is 35.5. The molecule has 1 atom stereocenters. The van der Waals surface area contributed by atoms with Crippen LogP contribution in [0.3, 0.4) is 0 Å². The summed E-state index contributed by atoms with van der Waals surface area (Å²) in [5.41, 5.74) is 6.38. The van der Waals surface area contributed by atoms with E-state index in [0.29, 0.717) is 5.56 Å². The zero-order chi connectivity index (χ0) is 11.3. The number of rotatable bonds is 5. The van der Waals surface area contributed by atoms with Crippen molar-refractivity contribution < 1.29 is 9.50 Å². The highest BCUT2D eigenvalue weighted by molar-refractivity contribution is 5.85. The highest BCUT2D eigenvalue weighted by Gasteiger charge is 2.11. The van der Waals surface area contributed by atoms with Gasteiger partial charge in [0.25, 0.3) is 0 Å². The van der Waals surface area contributed by atoms with Gasteiger partial charge in [-0.15, -0.1) is 12.4 Å². The zero-order valence-electron chi connectivity index (χ0n) is 9.45. The predicted octanol–water partition coefficient (Wildman–Crippen LogP) is 3.53. The molecule has 0 aromatic heterocycles. The molecule has 0 saturated heterocycles. The average Bonchev–Trinajstić information content (AvgIpc) is 2.22. The van der Waals surface area contributed by atoms with Crippen LogP contribution in [0, 0.1) is 5.82 Å². The van der Waals surface area contributed by atoms with Gasteiger partial charge >= 0.3 is 0 Å². The summed E-state index contributed by atoms with van der Waals surface area (Å²) in [6, 6.07) is 3.63. The minimum absolute atomic E-state index is 0. The van der Waals surface area contributed by atoms with Crippen LogP contribution in [0.25, 0.3) is 0 Å². The van der Waals surface area contributed by atoms with E-state index in [9.17, 15) is 9.50 Å². The van der Waals surface area contributed by atoms with Crippen molar-refractivity contribution in [2.75, 3.05) is 0 Å². The summed E-state index contributed by atoms with van der Waals surface area (Å²) in [4.78, 5) is 0. The molecule has 2 nitrogen and oxygen atoms in total. The Morgan fingerprint density at radius 1 is 1.38 bits per heavy atom. The molecule has 0 unspecified atom stereocenters. The number of phenols is 1. The van der Waals surface area contributed by atoms with Crippen LogP contribution < -0.4 is 5.73 Å². The number of nitrogens with two attached hydrogens (primary N) is 1. The fourth-order valence-electron chi connectivity index (χ4n) is 1.59. The lowest BCUT2D eigenvalue weighted by atomic mass is 10.0. The first kappa shape index (κ1) is 15.2. The van der Waals surface area contributed by atoms with Crippen LogP contribution in [0.2, 0.25) is 0 Å². The molecule has 0 bridgehead atoms. The molecule has 1 aromatic rings. The monoisotopic (exact) mass is 247 g/mol. The van der Waals surface area contributed by atoms with Gasteiger partial charge in [-0.25, -0.2) is 4.39 Å². The third-order valence-electron chi connectivity index (χ3n) is 2.51. The second kappa shape index (κ2) is 7.47. The first-order chi connectivity index (χ1) is 7.15. The van der Waals surface area contributed by atoms with Crippen molar-refractivity contribution in [1.29, 1.82) is 0 Å². The molecule has 3 N–H and O–H groups in total. The van der Waals surface area contributed by atoms with E-state index in [4.69, 9.17) is 5.73 Å².